The summed E-state index contributed by atoms with van der Waals surface area (Å²) in [5.41, 5.74) is 1.20. The molecule has 28 heavy (non-hydrogen) atoms. The van der Waals surface area contributed by atoms with Gasteiger partial charge in [-0.05, 0) is 38.1 Å². The second-order valence-electron chi connectivity index (χ2n) is 6.87. The van der Waals surface area contributed by atoms with Crippen molar-refractivity contribution in [3.05, 3.63) is 70.5 Å². The zero-order chi connectivity index (χ0) is 20.3. The van der Waals surface area contributed by atoms with Gasteiger partial charge in [0.05, 0.1) is 5.75 Å². The molecule has 1 aliphatic rings. The Hall–Kier alpha value is -2.05. The summed E-state index contributed by atoms with van der Waals surface area (Å²) in [6.45, 7) is 4.56. The Kier molecular flexibility index (Phi) is 6.62. The maximum atomic E-state index is 13.5. The normalized spacial score (nSPS) is 16.7. The highest BCUT2D eigenvalue weighted by Gasteiger charge is 2.34. The van der Waals surface area contributed by atoms with Crippen molar-refractivity contribution in [2.75, 3.05) is 18.8 Å². The summed E-state index contributed by atoms with van der Waals surface area (Å²) >= 11 is 7.86. The quantitative estimate of drug-likeness (QED) is 0.685. The standard InChI is InChI=1S/C21H22ClFN2O2S/c1-14(2)24(20(27)15-6-5-7-16(23)12-15)10-11-25-19(26)13-28-21(25)17-8-3-4-9-18(17)22/h3-9,12,14,21H,10-11,13H2,1-2H3/t21-/m1/s1. The summed E-state index contributed by atoms with van der Waals surface area (Å²) in [6.07, 6.45) is 0. The van der Waals surface area contributed by atoms with Gasteiger partial charge in [0, 0.05) is 35.3 Å². The molecule has 2 amide bonds. The molecule has 1 aliphatic heterocycles. The fourth-order valence-electron chi connectivity index (χ4n) is 3.23. The molecule has 0 spiro atoms. The van der Waals surface area contributed by atoms with Crippen molar-refractivity contribution in [1.82, 2.24) is 9.80 Å². The lowest BCUT2D eigenvalue weighted by Crippen LogP contribution is -2.43. The van der Waals surface area contributed by atoms with E-state index >= 15 is 0 Å². The number of hydrogen-bond donors (Lipinski definition) is 0. The summed E-state index contributed by atoms with van der Waals surface area (Å²) in [5, 5.41) is 0.454. The van der Waals surface area contributed by atoms with Crippen LogP contribution in [0.1, 0.15) is 35.1 Å². The van der Waals surface area contributed by atoms with Crippen LogP contribution in [0.5, 0.6) is 0 Å². The van der Waals surface area contributed by atoms with E-state index < -0.39 is 5.82 Å². The molecular weight excluding hydrogens is 399 g/mol. The Morgan fingerprint density at radius 1 is 1.29 bits per heavy atom. The first-order valence-corrected chi connectivity index (χ1v) is 10.5. The smallest absolute Gasteiger partial charge is 0.254 e. The lowest BCUT2D eigenvalue weighted by atomic mass is 10.1. The van der Waals surface area contributed by atoms with Crippen LogP contribution in [-0.2, 0) is 4.79 Å². The fraction of sp³-hybridized carbons (Fsp3) is 0.333. The number of nitrogens with zero attached hydrogens (tertiary/aromatic N) is 2. The number of hydrogen-bond acceptors (Lipinski definition) is 3. The minimum Gasteiger partial charge on any atom is -0.334 e. The monoisotopic (exact) mass is 420 g/mol. The van der Waals surface area contributed by atoms with E-state index in [-0.39, 0.29) is 23.2 Å². The second-order valence-corrected chi connectivity index (χ2v) is 8.35. The van der Waals surface area contributed by atoms with Gasteiger partial charge in [0.1, 0.15) is 11.2 Å². The predicted octanol–water partition coefficient (Wildman–Crippen LogP) is 4.60. The molecular formula is C21H22ClFN2O2S. The lowest BCUT2D eigenvalue weighted by Gasteiger charge is -2.31. The summed E-state index contributed by atoms with van der Waals surface area (Å²) < 4.78 is 13.5. The molecule has 0 N–H and O–H groups in total. The molecule has 0 saturated carbocycles. The number of halogens is 2. The molecule has 2 aromatic rings. The molecule has 0 bridgehead atoms. The third-order valence-electron chi connectivity index (χ3n) is 4.68. The van der Waals surface area contributed by atoms with E-state index in [0.29, 0.717) is 29.4 Å². The molecule has 3 rings (SSSR count). The molecule has 1 heterocycles. The van der Waals surface area contributed by atoms with Crippen molar-refractivity contribution in [2.24, 2.45) is 0 Å². The number of rotatable bonds is 6. The van der Waals surface area contributed by atoms with Crippen molar-refractivity contribution >= 4 is 35.2 Å². The predicted molar refractivity (Wildman–Crippen MR) is 111 cm³/mol. The summed E-state index contributed by atoms with van der Waals surface area (Å²) in [5.74, 6) is -0.283. The van der Waals surface area contributed by atoms with Crippen LogP contribution < -0.4 is 0 Å². The lowest BCUT2D eigenvalue weighted by molar-refractivity contribution is -0.128. The van der Waals surface area contributed by atoms with Gasteiger partial charge in [-0.1, -0.05) is 35.9 Å². The summed E-state index contributed by atoms with van der Waals surface area (Å²) in [4.78, 5) is 28.7. The summed E-state index contributed by atoms with van der Waals surface area (Å²) in [7, 11) is 0. The number of carbonyl (C=O) groups excluding carboxylic acids is 2. The van der Waals surface area contributed by atoms with Gasteiger partial charge in [0.15, 0.2) is 0 Å². The van der Waals surface area contributed by atoms with E-state index in [4.69, 9.17) is 11.6 Å². The number of carbonyl (C=O) groups is 2. The average Bonchev–Trinajstić information content (AvgIpc) is 3.02. The van der Waals surface area contributed by atoms with Crippen LogP contribution in [0.3, 0.4) is 0 Å². The molecule has 0 aromatic heterocycles. The van der Waals surface area contributed by atoms with Crippen molar-refractivity contribution in [3.63, 3.8) is 0 Å². The maximum absolute atomic E-state index is 13.5. The molecule has 1 saturated heterocycles. The topological polar surface area (TPSA) is 40.6 Å². The SMILES string of the molecule is CC(C)N(CCN1C(=O)CS[C@@H]1c1ccccc1Cl)C(=O)c1cccc(F)c1. The molecule has 0 aliphatic carbocycles. The van der Waals surface area contributed by atoms with Crippen LogP contribution in [0, 0.1) is 5.82 Å². The number of thioether (sulfide) groups is 1. The molecule has 1 atom stereocenters. The second kappa shape index (κ2) is 8.97. The van der Waals surface area contributed by atoms with Gasteiger partial charge in [-0.15, -0.1) is 11.8 Å². The highest BCUT2D eigenvalue weighted by Crippen LogP contribution is 2.41. The molecule has 7 heteroatoms. The van der Waals surface area contributed by atoms with Gasteiger partial charge in [-0.2, -0.15) is 0 Å². The molecule has 2 aromatic carbocycles. The Balaban J connectivity index is 1.76. The van der Waals surface area contributed by atoms with E-state index in [0.717, 1.165) is 5.56 Å². The largest absolute Gasteiger partial charge is 0.334 e. The van der Waals surface area contributed by atoms with Crippen LogP contribution in [0.25, 0.3) is 0 Å². The molecule has 0 unspecified atom stereocenters. The van der Waals surface area contributed by atoms with Gasteiger partial charge in [-0.3, -0.25) is 9.59 Å². The first-order valence-electron chi connectivity index (χ1n) is 9.10. The van der Waals surface area contributed by atoms with Gasteiger partial charge >= 0.3 is 0 Å². The van der Waals surface area contributed by atoms with Crippen molar-refractivity contribution in [3.8, 4) is 0 Å². The van der Waals surface area contributed by atoms with E-state index in [9.17, 15) is 14.0 Å². The Labute approximate surface area is 173 Å². The Morgan fingerprint density at radius 2 is 2.04 bits per heavy atom. The van der Waals surface area contributed by atoms with Crippen LogP contribution in [-0.4, -0.2) is 46.5 Å². The van der Waals surface area contributed by atoms with Gasteiger partial charge in [0.25, 0.3) is 5.91 Å². The zero-order valence-corrected chi connectivity index (χ0v) is 17.3. The van der Waals surface area contributed by atoms with Crippen molar-refractivity contribution in [2.45, 2.75) is 25.3 Å². The first kappa shape index (κ1) is 20.7. The van der Waals surface area contributed by atoms with Crippen LogP contribution in [0.4, 0.5) is 4.39 Å². The zero-order valence-electron chi connectivity index (χ0n) is 15.8. The Morgan fingerprint density at radius 3 is 2.71 bits per heavy atom. The molecule has 4 nitrogen and oxygen atoms in total. The van der Waals surface area contributed by atoms with E-state index in [2.05, 4.69) is 0 Å². The maximum Gasteiger partial charge on any atom is 0.254 e. The Bertz CT molecular complexity index is 877. The van der Waals surface area contributed by atoms with E-state index in [1.54, 1.807) is 15.9 Å². The molecule has 1 fully saturated rings. The molecule has 0 radical (unpaired) electrons. The van der Waals surface area contributed by atoms with Crippen molar-refractivity contribution in [1.29, 1.82) is 0 Å². The van der Waals surface area contributed by atoms with Crippen LogP contribution in [0.15, 0.2) is 48.5 Å². The van der Waals surface area contributed by atoms with Gasteiger partial charge in [0.2, 0.25) is 5.91 Å². The average molecular weight is 421 g/mol. The number of benzene rings is 2. The van der Waals surface area contributed by atoms with Crippen LogP contribution in [0.2, 0.25) is 5.02 Å². The molecule has 148 valence electrons. The number of amides is 2. The van der Waals surface area contributed by atoms with Crippen molar-refractivity contribution < 1.29 is 14.0 Å². The summed E-state index contributed by atoms with van der Waals surface area (Å²) in [6, 6.07) is 13.1. The van der Waals surface area contributed by atoms with Crippen LogP contribution >= 0.6 is 23.4 Å². The highest BCUT2D eigenvalue weighted by molar-refractivity contribution is 8.00. The first-order chi connectivity index (χ1) is 13.4. The third-order valence-corrected chi connectivity index (χ3v) is 6.26. The minimum absolute atomic E-state index is 0.0248. The highest BCUT2D eigenvalue weighted by atomic mass is 35.5. The fourth-order valence-corrected chi connectivity index (χ4v) is 4.78. The van der Waals surface area contributed by atoms with Gasteiger partial charge < -0.3 is 9.80 Å². The minimum atomic E-state index is -0.445. The third kappa shape index (κ3) is 4.50. The van der Waals surface area contributed by atoms with E-state index in [1.165, 1.54) is 30.0 Å². The van der Waals surface area contributed by atoms with Gasteiger partial charge in [-0.25, -0.2) is 4.39 Å². The van der Waals surface area contributed by atoms with E-state index in [1.807, 2.05) is 38.1 Å².